The molecule has 1 aliphatic carbocycles. The van der Waals surface area contributed by atoms with Crippen LogP contribution in [-0.2, 0) is 0 Å². The Kier molecular flexibility index (Phi) is 3.92. The Morgan fingerprint density at radius 3 is 2.50 bits per heavy atom. The van der Waals surface area contributed by atoms with Gasteiger partial charge in [-0.2, -0.15) is 0 Å². The van der Waals surface area contributed by atoms with Crippen molar-refractivity contribution in [3.63, 3.8) is 0 Å². The van der Waals surface area contributed by atoms with Gasteiger partial charge in [0, 0.05) is 24.7 Å². The molecule has 2 N–H and O–H groups in total. The van der Waals surface area contributed by atoms with Crippen molar-refractivity contribution in [2.75, 3.05) is 13.1 Å². The summed E-state index contributed by atoms with van der Waals surface area (Å²) in [4.78, 5) is 2.74. The van der Waals surface area contributed by atoms with Gasteiger partial charge in [0.1, 0.15) is 0 Å². The van der Waals surface area contributed by atoms with Crippen LogP contribution in [0.5, 0.6) is 0 Å². The summed E-state index contributed by atoms with van der Waals surface area (Å²) in [7, 11) is 0. The molecule has 3 nitrogen and oxygen atoms in total. The summed E-state index contributed by atoms with van der Waals surface area (Å²) in [5.41, 5.74) is 0. The largest absolute Gasteiger partial charge is 0.393 e. The van der Waals surface area contributed by atoms with Crippen molar-refractivity contribution < 1.29 is 5.11 Å². The third-order valence-electron chi connectivity index (χ3n) is 5.43. The summed E-state index contributed by atoms with van der Waals surface area (Å²) in [6, 6.07) is 2.12. The van der Waals surface area contributed by atoms with Gasteiger partial charge in [0.15, 0.2) is 0 Å². The minimum absolute atomic E-state index is 0.0214. The van der Waals surface area contributed by atoms with E-state index in [1.165, 1.54) is 38.6 Å². The zero-order chi connectivity index (χ0) is 12.5. The topological polar surface area (TPSA) is 35.5 Å². The first-order chi connectivity index (χ1) is 8.78. The van der Waals surface area contributed by atoms with Crippen LogP contribution in [0.25, 0.3) is 0 Å². The summed E-state index contributed by atoms with van der Waals surface area (Å²) < 4.78 is 0. The normalized spacial score (nSPS) is 44.7. The number of rotatable bonds is 4. The van der Waals surface area contributed by atoms with Gasteiger partial charge in [-0.25, -0.2) is 0 Å². The average molecular weight is 252 g/mol. The van der Waals surface area contributed by atoms with Crippen molar-refractivity contribution >= 4 is 0 Å². The van der Waals surface area contributed by atoms with Crippen molar-refractivity contribution in [3.05, 3.63) is 0 Å². The zero-order valence-corrected chi connectivity index (χ0v) is 11.6. The maximum Gasteiger partial charge on any atom is 0.0570 e. The van der Waals surface area contributed by atoms with Crippen LogP contribution in [0, 0.1) is 5.92 Å². The lowest BCUT2D eigenvalue weighted by molar-refractivity contribution is 0.0253. The predicted octanol–water partition coefficient (Wildman–Crippen LogP) is 1.75. The first-order valence-corrected chi connectivity index (χ1v) is 7.95. The van der Waals surface area contributed by atoms with Crippen molar-refractivity contribution in [1.29, 1.82) is 0 Å². The quantitative estimate of drug-likeness (QED) is 0.800. The van der Waals surface area contributed by atoms with Crippen LogP contribution in [-0.4, -0.2) is 47.3 Å². The first-order valence-electron chi connectivity index (χ1n) is 7.95. The van der Waals surface area contributed by atoms with Crippen molar-refractivity contribution in [1.82, 2.24) is 10.2 Å². The highest BCUT2D eigenvalue weighted by Crippen LogP contribution is 2.38. The number of piperidine rings is 1. The molecule has 2 bridgehead atoms. The molecule has 3 rings (SSSR count). The van der Waals surface area contributed by atoms with Gasteiger partial charge in [-0.1, -0.05) is 13.3 Å². The van der Waals surface area contributed by atoms with Crippen molar-refractivity contribution in [2.45, 2.75) is 76.1 Å². The molecular weight excluding hydrogens is 224 g/mol. The van der Waals surface area contributed by atoms with Crippen LogP contribution in [0.2, 0.25) is 0 Å². The molecule has 1 saturated carbocycles. The SMILES string of the molecule is CCNC1CCCC1CN1C2CCC1CC(O)C2. The molecule has 2 heterocycles. The van der Waals surface area contributed by atoms with Crippen LogP contribution in [0.15, 0.2) is 0 Å². The molecule has 0 spiro atoms. The van der Waals surface area contributed by atoms with Gasteiger partial charge in [-0.15, -0.1) is 0 Å². The Bertz CT molecular complexity index is 270. The maximum atomic E-state index is 9.87. The minimum atomic E-state index is -0.0214. The van der Waals surface area contributed by atoms with E-state index in [4.69, 9.17) is 0 Å². The number of hydrogen-bond donors (Lipinski definition) is 2. The molecule has 18 heavy (non-hydrogen) atoms. The number of aliphatic hydroxyl groups is 1. The van der Waals surface area contributed by atoms with Gasteiger partial charge in [0.2, 0.25) is 0 Å². The molecule has 0 aromatic rings. The second kappa shape index (κ2) is 5.48. The molecule has 0 radical (unpaired) electrons. The second-order valence-electron chi connectivity index (χ2n) is 6.56. The Morgan fingerprint density at radius 1 is 1.11 bits per heavy atom. The summed E-state index contributed by atoms with van der Waals surface area (Å²) in [5.74, 6) is 0.850. The van der Waals surface area contributed by atoms with Gasteiger partial charge < -0.3 is 10.4 Å². The molecule has 0 aromatic carbocycles. The molecule has 0 aromatic heterocycles. The van der Waals surface area contributed by atoms with Gasteiger partial charge in [-0.05, 0) is 51.0 Å². The molecule has 3 heteroatoms. The van der Waals surface area contributed by atoms with E-state index >= 15 is 0 Å². The highest BCUT2D eigenvalue weighted by molar-refractivity contribution is 4.97. The summed E-state index contributed by atoms with van der Waals surface area (Å²) in [5, 5.41) is 13.5. The third-order valence-corrected chi connectivity index (χ3v) is 5.43. The smallest absolute Gasteiger partial charge is 0.0570 e. The van der Waals surface area contributed by atoms with E-state index in [0.717, 1.165) is 31.3 Å². The lowest BCUT2D eigenvalue weighted by Gasteiger charge is -2.39. The minimum Gasteiger partial charge on any atom is -0.393 e. The van der Waals surface area contributed by atoms with E-state index in [1.807, 2.05) is 0 Å². The first kappa shape index (κ1) is 12.9. The number of fused-ring (bicyclic) bond motifs is 2. The molecule has 2 aliphatic heterocycles. The summed E-state index contributed by atoms with van der Waals surface area (Å²) in [6.45, 7) is 4.60. The predicted molar refractivity (Wildman–Crippen MR) is 73.6 cm³/mol. The van der Waals surface area contributed by atoms with E-state index in [0.29, 0.717) is 12.1 Å². The Balaban J connectivity index is 1.59. The van der Waals surface area contributed by atoms with Gasteiger partial charge in [-0.3, -0.25) is 4.90 Å². The van der Waals surface area contributed by atoms with E-state index in [9.17, 15) is 5.11 Å². The van der Waals surface area contributed by atoms with E-state index in [1.54, 1.807) is 0 Å². The van der Waals surface area contributed by atoms with E-state index < -0.39 is 0 Å². The average Bonchev–Trinajstić information content (AvgIpc) is 2.86. The molecule has 104 valence electrons. The van der Waals surface area contributed by atoms with Crippen molar-refractivity contribution in [3.8, 4) is 0 Å². The van der Waals surface area contributed by atoms with Gasteiger partial charge in [0.25, 0.3) is 0 Å². The lowest BCUT2D eigenvalue weighted by atomic mass is 9.96. The fraction of sp³-hybridized carbons (Fsp3) is 1.00. The monoisotopic (exact) mass is 252 g/mol. The van der Waals surface area contributed by atoms with Gasteiger partial charge in [0.05, 0.1) is 6.10 Å². The second-order valence-corrected chi connectivity index (χ2v) is 6.56. The van der Waals surface area contributed by atoms with Crippen LogP contribution in [0.1, 0.15) is 51.9 Å². The Hall–Kier alpha value is -0.120. The third kappa shape index (κ3) is 2.45. The maximum absolute atomic E-state index is 9.87. The molecule has 0 amide bonds. The number of aliphatic hydroxyl groups excluding tert-OH is 1. The fourth-order valence-corrected chi connectivity index (χ4v) is 4.60. The van der Waals surface area contributed by atoms with Crippen LogP contribution in [0.3, 0.4) is 0 Å². The number of nitrogens with one attached hydrogen (secondary N) is 1. The van der Waals surface area contributed by atoms with Crippen LogP contribution < -0.4 is 5.32 Å². The Morgan fingerprint density at radius 2 is 1.83 bits per heavy atom. The van der Waals surface area contributed by atoms with Crippen LogP contribution >= 0.6 is 0 Å². The highest BCUT2D eigenvalue weighted by Gasteiger charge is 2.42. The molecule has 3 fully saturated rings. The van der Waals surface area contributed by atoms with Crippen molar-refractivity contribution in [2.24, 2.45) is 5.92 Å². The number of hydrogen-bond acceptors (Lipinski definition) is 3. The van der Waals surface area contributed by atoms with E-state index in [2.05, 4.69) is 17.1 Å². The zero-order valence-electron chi connectivity index (χ0n) is 11.6. The lowest BCUT2D eigenvalue weighted by Crippen LogP contribution is -2.48. The number of nitrogens with zero attached hydrogens (tertiary/aromatic N) is 1. The molecule has 2 saturated heterocycles. The fourth-order valence-electron chi connectivity index (χ4n) is 4.60. The molecular formula is C15H28N2O. The molecule has 3 aliphatic rings. The summed E-state index contributed by atoms with van der Waals surface area (Å²) >= 11 is 0. The standard InChI is InChI=1S/C15H28N2O/c1-2-16-15-5-3-4-11(15)10-17-12-6-7-13(17)9-14(18)8-12/h11-16,18H,2-10H2,1H3. The van der Waals surface area contributed by atoms with E-state index in [-0.39, 0.29) is 6.10 Å². The summed E-state index contributed by atoms with van der Waals surface area (Å²) in [6.07, 6.45) is 8.83. The molecule has 4 unspecified atom stereocenters. The van der Waals surface area contributed by atoms with Gasteiger partial charge >= 0.3 is 0 Å². The Labute approximate surface area is 111 Å². The highest BCUT2D eigenvalue weighted by atomic mass is 16.3. The molecule has 4 atom stereocenters. The van der Waals surface area contributed by atoms with Crippen LogP contribution in [0.4, 0.5) is 0 Å².